The third kappa shape index (κ3) is 4.48. The Morgan fingerprint density at radius 1 is 1.15 bits per heavy atom. The first-order chi connectivity index (χ1) is 15.7. The van der Waals surface area contributed by atoms with E-state index < -0.39 is 12.0 Å². The van der Waals surface area contributed by atoms with Crippen molar-refractivity contribution in [1.82, 2.24) is 10.2 Å². The monoisotopic (exact) mass is 451 g/mol. The van der Waals surface area contributed by atoms with Gasteiger partial charge in [0.2, 0.25) is 6.79 Å². The van der Waals surface area contributed by atoms with Crippen LogP contribution >= 0.6 is 0 Å². The van der Waals surface area contributed by atoms with Gasteiger partial charge in [0.1, 0.15) is 0 Å². The molecular formula is C24H25N3O6. The lowest BCUT2D eigenvalue weighted by Gasteiger charge is -2.33. The molecule has 0 radical (unpaired) electrons. The number of carbonyl (C=O) groups excluding carboxylic acids is 3. The predicted octanol–water partition coefficient (Wildman–Crippen LogP) is 3.59. The van der Waals surface area contributed by atoms with Crippen LogP contribution < -0.4 is 20.1 Å². The summed E-state index contributed by atoms with van der Waals surface area (Å²) < 4.78 is 16.0. The maximum Gasteiger partial charge on any atom is 0.338 e. The number of hydrogen-bond donors (Lipinski definition) is 2. The molecule has 0 aromatic heterocycles. The summed E-state index contributed by atoms with van der Waals surface area (Å²) in [6.07, 6.45) is -0.311. The summed E-state index contributed by atoms with van der Waals surface area (Å²) >= 11 is 0. The van der Waals surface area contributed by atoms with Gasteiger partial charge < -0.3 is 29.7 Å². The Bertz CT molecular complexity index is 1160. The van der Waals surface area contributed by atoms with Gasteiger partial charge in [-0.15, -0.1) is 0 Å². The largest absolute Gasteiger partial charge is 0.459 e. The van der Waals surface area contributed by atoms with E-state index in [4.69, 9.17) is 14.2 Å². The van der Waals surface area contributed by atoms with Crippen molar-refractivity contribution in [1.29, 1.82) is 0 Å². The number of hydrogen-bond acceptors (Lipinski definition) is 6. The van der Waals surface area contributed by atoms with Gasteiger partial charge in [0.25, 0.3) is 5.91 Å². The van der Waals surface area contributed by atoms with Crippen molar-refractivity contribution in [3.05, 3.63) is 64.9 Å². The predicted molar refractivity (Wildman–Crippen MR) is 120 cm³/mol. The normalized spacial score (nSPS) is 17.2. The van der Waals surface area contributed by atoms with E-state index >= 15 is 0 Å². The van der Waals surface area contributed by atoms with Gasteiger partial charge in [0.15, 0.2) is 11.5 Å². The molecule has 2 heterocycles. The SMILES string of the molecule is CC1=C(C(=O)OC(C)C)C(c2cccc(NC(=O)c3ccc4c(c3)OCO4)c2)NC(=O)N1C. The fraction of sp³-hybridized carbons (Fsp3) is 0.292. The zero-order valence-electron chi connectivity index (χ0n) is 18.8. The zero-order chi connectivity index (χ0) is 23.7. The molecular weight excluding hydrogens is 426 g/mol. The lowest BCUT2D eigenvalue weighted by Crippen LogP contribution is -2.46. The Kier molecular flexibility index (Phi) is 5.95. The number of fused-ring (bicyclic) bond motifs is 1. The van der Waals surface area contributed by atoms with Gasteiger partial charge in [-0.25, -0.2) is 9.59 Å². The average Bonchev–Trinajstić information content (AvgIpc) is 3.24. The molecule has 2 aromatic rings. The molecule has 33 heavy (non-hydrogen) atoms. The van der Waals surface area contributed by atoms with E-state index in [1.54, 1.807) is 70.3 Å². The Balaban J connectivity index is 1.61. The number of esters is 1. The number of rotatable bonds is 5. The van der Waals surface area contributed by atoms with Gasteiger partial charge >= 0.3 is 12.0 Å². The molecule has 0 spiro atoms. The van der Waals surface area contributed by atoms with Crippen molar-refractivity contribution in [3.63, 3.8) is 0 Å². The first kappa shape index (κ1) is 22.2. The minimum Gasteiger partial charge on any atom is -0.459 e. The minimum absolute atomic E-state index is 0.124. The summed E-state index contributed by atoms with van der Waals surface area (Å²) in [6, 6.07) is 10.9. The smallest absolute Gasteiger partial charge is 0.338 e. The van der Waals surface area contributed by atoms with Crippen LogP contribution in [-0.4, -0.2) is 42.8 Å². The van der Waals surface area contributed by atoms with Crippen molar-refractivity contribution < 1.29 is 28.6 Å². The van der Waals surface area contributed by atoms with Gasteiger partial charge in [-0.3, -0.25) is 4.79 Å². The van der Waals surface area contributed by atoms with Crippen LogP contribution in [0.5, 0.6) is 11.5 Å². The van der Waals surface area contributed by atoms with Crippen LogP contribution in [0, 0.1) is 0 Å². The molecule has 172 valence electrons. The topological polar surface area (TPSA) is 106 Å². The van der Waals surface area contributed by atoms with Crippen molar-refractivity contribution in [3.8, 4) is 11.5 Å². The first-order valence-corrected chi connectivity index (χ1v) is 10.5. The summed E-state index contributed by atoms with van der Waals surface area (Å²) in [6.45, 7) is 5.35. The number of ether oxygens (including phenoxy) is 3. The second-order valence-corrected chi connectivity index (χ2v) is 8.04. The summed E-state index contributed by atoms with van der Waals surface area (Å²) in [5.74, 6) is 0.270. The highest BCUT2D eigenvalue weighted by Crippen LogP contribution is 2.34. The van der Waals surface area contributed by atoms with Gasteiger partial charge in [0.05, 0.1) is 17.7 Å². The molecule has 2 aliphatic heterocycles. The first-order valence-electron chi connectivity index (χ1n) is 10.5. The molecule has 0 fully saturated rings. The van der Waals surface area contributed by atoms with E-state index in [-0.39, 0.29) is 24.8 Å². The van der Waals surface area contributed by atoms with Crippen LogP contribution in [-0.2, 0) is 9.53 Å². The summed E-state index contributed by atoms with van der Waals surface area (Å²) in [7, 11) is 1.59. The van der Waals surface area contributed by atoms with Crippen molar-refractivity contribution in [2.24, 2.45) is 0 Å². The van der Waals surface area contributed by atoms with E-state index in [0.717, 1.165) is 0 Å². The lowest BCUT2D eigenvalue weighted by atomic mass is 9.94. The summed E-state index contributed by atoms with van der Waals surface area (Å²) in [4.78, 5) is 39.5. The number of allylic oxidation sites excluding steroid dienone is 1. The van der Waals surface area contributed by atoms with Gasteiger partial charge in [-0.05, 0) is 56.7 Å². The number of nitrogens with one attached hydrogen (secondary N) is 2. The molecule has 1 unspecified atom stereocenters. The Morgan fingerprint density at radius 2 is 1.91 bits per heavy atom. The molecule has 2 N–H and O–H groups in total. The van der Waals surface area contributed by atoms with Crippen LogP contribution in [0.4, 0.5) is 10.5 Å². The number of urea groups is 1. The van der Waals surface area contributed by atoms with Crippen LogP contribution in [0.3, 0.4) is 0 Å². The van der Waals surface area contributed by atoms with Crippen LogP contribution in [0.2, 0.25) is 0 Å². The minimum atomic E-state index is -0.720. The zero-order valence-corrected chi connectivity index (χ0v) is 18.8. The Hall–Kier alpha value is -4.01. The summed E-state index contributed by atoms with van der Waals surface area (Å²) in [5.41, 5.74) is 2.40. The molecule has 0 bridgehead atoms. The number of amides is 3. The molecule has 0 aliphatic carbocycles. The number of anilines is 1. The Morgan fingerprint density at radius 3 is 2.67 bits per heavy atom. The van der Waals surface area contributed by atoms with Gasteiger partial charge in [0, 0.05) is 24.0 Å². The number of benzene rings is 2. The molecule has 0 saturated heterocycles. The van der Waals surface area contributed by atoms with E-state index in [2.05, 4.69) is 10.6 Å². The van der Waals surface area contributed by atoms with E-state index in [9.17, 15) is 14.4 Å². The molecule has 9 nitrogen and oxygen atoms in total. The number of carbonyl (C=O) groups is 3. The molecule has 9 heteroatoms. The van der Waals surface area contributed by atoms with Crippen LogP contribution in [0.15, 0.2) is 53.7 Å². The van der Waals surface area contributed by atoms with E-state index in [1.807, 2.05) is 0 Å². The fourth-order valence-corrected chi connectivity index (χ4v) is 3.66. The van der Waals surface area contributed by atoms with Gasteiger partial charge in [-0.2, -0.15) is 0 Å². The number of nitrogens with zero attached hydrogens (tertiary/aromatic N) is 1. The average molecular weight is 451 g/mol. The maximum atomic E-state index is 12.8. The highest BCUT2D eigenvalue weighted by molar-refractivity contribution is 6.04. The van der Waals surface area contributed by atoms with E-state index in [0.29, 0.717) is 39.6 Å². The molecule has 3 amide bonds. The molecule has 1 atom stereocenters. The highest BCUT2D eigenvalue weighted by atomic mass is 16.7. The molecule has 2 aliphatic rings. The lowest BCUT2D eigenvalue weighted by molar-refractivity contribution is -0.143. The second kappa shape index (κ2) is 8.85. The van der Waals surface area contributed by atoms with Crippen LogP contribution in [0.1, 0.15) is 42.7 Å². The third-order valence-electron chi connectivity index (χ3n) is 5.43. The molecule has 4 rings (SSSR count). The fourth-order valence-electron chi connectivity index (χ4n) is 3.66. The quantitative estimate of drug-likeness (QED) is 0.673. The maximum absolute atomic E-state index is 12.8. The van der Waals surface area contributed by atoms with Crippen molar-refractivity contribution >= 4 is 23.6 Å². The standard InChI is InChI=1S/C24H25N3O6/c1-13(2)33-23(29)20-14(3)27(4)24(30)26-21(20)15-6-5-7-17(10-15)25-22(28)16-8-9-18-19(11-16)32-12-31-18/h5-11,13,21H,12H2,1-4H3,(H,25,28)(H,26,30). The molecule has 2 aromatic carbocycles. The van der Waals surface area contributed by atoms with Gasteiger partial charge in [-0.1, -0.05) is 12.1 Å². The van der Waals surface area contributed by atoms with Crippen molar-refractivity contribution in [2.45, 2.75) is 32.9 Å². The van der Waals surface area contributed by atoms with E-state index in [1.165, 1.54) is 4.90 Å². The van der Waals surface area contributed by atoms with Crippen LogP contribution in [0.25, 0.3) is 0 Å². The Labute approximate surface area is 191 Å². The van der Waals surface area contributed by atoms with Crippen molar-refractivity contribution in [2.75, 3.05) is 19.2 Å². The highest BCUT2D eigenvalue weighted by Gasteiger charge is 2.35. The third-order valence-corrected chi connectivity index (χ3v) is 5.43. The molecule has 0 saturated carbocycles. The summed E-state index contributed by atoms with van der Waals surface area (Å²) in [5, 5.41) is 5.69. The second-order valence-electron chi connectivity index (χ2n) is 8.04.